The fraction of sp³-hybridized carbons (Fsp3) is 0.208. The van der Waals surface area contributed by atoms with Crippen molar-refractivity contribution in [1.82, 2.24) is 0 Å². The molecule has 188 valence electrons. The van der Waals surface area contributed by atoms with Crippen molar-refractivity contribution in [2.45, 2.75) is 18.0 Å². The molecule has 36 heavy (non-hydrogen) atoms. The monoisotopic (exact) mass is 507 g/mol. The average molecular weight is 507 g/mol. The third-order valence-corrected chi connectivity index (χ3v) is 5.45. The lowest BCUT2D eigenvalue weighted by atomic mass is 9.80. The minimum absolute atomic E-state index is 0.298. The Labute approximate surface area is 201 Å². The first-order valence-electron chi connectivity index (χ1n) is 10.1. The zero-order valence-corrected chi connectivity index (χ0v) is 18.8. The van der Waals surface area contributed by atoms with E-state index in [9.17, 15) is 36.8 Å². The number of ether oxygens (including phenoxy) is 2. The molecule has 7 nitrogen and oxygen atoms in total. The number of rotatable bonds is 5. The highest BCUT2D eigenvalue weighted by molar-refractivity contribution is 6.06. The van der Waals surface area contributed by atoms with Crippen LogP contribution in [0.3, 0.4) is 0 Å². The number of esters is 2. The summed E-state index contributed by atoms with van der Waals surface area (Å²) >= 11 is 0. The number of allylic oxidation sites excluding steroid dienone is 1. The largest absolute Gasteiger partial charge is 0.466 e. The molecule has 1 aliphatic rings. The van der Waals surface area contributed by atoms with Gasteiger partial charge in [0.2, 0.25) is 0 Å². The quantitative estimate of drug-likeness (QED) is 0.477. The van der Waals surface area contributed by atoms with Crippen LogP contribution in [-0.2, 0) is 25.0 Å². The fourth-order valence-electron chi connectivity index (χ4n) is 3.85. The van der Waals surface area contributed by atoms with Crippen LogP contribution in [0.25, 0.3) is 0 Å². The maximum atomic E-state index is 14.6. The number of hydrogen-bond acceptors (Lipinski definition) is 7. The lowest BCUT2D eigenvalue weighted by Crippen LogP contribution is -2.42. The SMILES string of the molecule is COC(=O)C1=C(C(=O)OC)N(c2ccccc2C(F)(F)C(F)(F)F)C(N)=C(C#N)C1c1ccccc1. The van der Waals surface area contributed by atoms with Crippen LogP contribution in [0.2, 0.25) is 0 Å². The standard InChI is InChI=1S/C24H18F5N3O4/c1-35-21(33)18-17(13-8-4-3-5-9-13)14(12-30)20(31)32(19(18)22(34)36-2)16-11-7-6-10-15(16)23(25,26)24(27,28)29/h3-11,17H,31H2,1-2H3. The van der Waals surface area contributed by atoms with Crippen LogP contribution in [0.4, 0.5) is 27.6 Å². The van der Waals surface area contributed by atoms with Gasteiger partial charge >= 0.3 is 24.0 Å². The van der Waals surface area contributed by atoms with E-state index < -0.39 is 58.3 Å². The molecule has 1 unspecified atom stereocenters. The molecule has 1 aliphatic heterocycles. The molecule has 0 aliphatic carbocycles. The minimum atomic E-state index is -6.01. The molecule has 1 heterocycles. The molecule has 0 saturated carbocycles. The van der Waals surface area contributed by atoms with Gasteiger partial charge in [0.15, 0.2) is 0 Å². The molecule has 0 fully saturated rings. The number of nitriles is 1. The summed E-state index contributed by atoms with van der Waals surface area (Å²) in [5.41, 5.74) is 2.30. The van der Waals surface area contributed by atoms with E-state index in [1.165, 1.54) is 12.1 Å². The summed E-state index contributed by atoms with van der Waals surface area (Å²) in [4.78, 5) is 26.4. The maximum Gasteiger partial charge on any atom is 0.458 e. The third kappa shape index (κ3) is 4.24. The zero-order valence-electron chi connectivity index (χ0n) is 18.8. The lowest BCUT2D eigenvalue weighted by molar-refractivity contribution is -0.289. The molecule has 0 radical (unpaired) electrons. The molecule has 12 heteroatoms. The van der Waals surface area contributed by atoms with Gasteiger partial charge in [0.05, 0.1) is 48.6 Å². The highest BCUT2D eigenvalue weighted by atomic mass is 19.4. The second kappa shape index (κ2) is 9.69. The van der Waals surface area contributed by atoms with Crippen LogP contribution in [0.5, 0.6) is 0 Å². The summed E-state index contributed by atoms with van der Waals surface area (Å²) in [5.74, 6) is -9.80. The van der Waals surface area contributed by atoms with Crippen molar-refractivity contribution in [2.75, 3.05) is 19.1 Å². The predicted molar refractivity (Wildman–Crippen MR) is 116 cm³/mol. The molecule has 1 atom stereocenters. The molecule has 3 rings (SSSR count). The number of benzene rings is 2. The molecular formula is C24H18F5N3O4. The molecule has 0 amide bonds. The van der Waals surface area contributed by atoms with Gasteiger partial charge in [-0.15, -0.1) is 0 Å². The molecule has 0 aromatic heterocycles. The first kappa shape index (κ1) is 26.2. The smallest absolute Gasteiger partial charge is 0.458 e. The summed E-state index contributed by atoms with van der Waals surface area (Å²) < 4.78 is 78.7. The Morgan fingerprint density at radius 3 is 2.03 bits per heavy atom. The van der Waals surface area contributed by atoms with Gasteiger partial charge in [-0.2, -0.15) is 27.2 Å². The number of carbonyl (C=O) groups excluding carboxylic acids is 2. The van der Waals surface area contributed by atoms with Crippen molar-refractivity contribution >= 4 is 17.6 Å². The fourth-order valence-corrected chi connectivity index (χ4v) is 3.85. The van der Waals surface area contributed by atoms with Crippen LogP contribution in [0.1, 0.15) is 17.0 Å². The van der Waals surface area contributed by atoms with Gasteiger partial charge in [0.25, 0.3) is 0 Å². The summed E-state index contributed by atoms with van der Waals surface area (Å²) in [6, 6.07) is 13.0. The number of carbonyl (C=O) groups is 2. The average Bonchev–Trinajstić information content (AvgIpc) is 2.86. The zero-order chi connectivity index (χ0) is 26.8. The highest BCUT2D eigenvalue weighted by Crippen LogP contribution is 2.50. The second-order valence-electron chi connectivity index (χ2n) is 7.42. The molecule has 0 spiro atoms. The third-order valence-electron chi connectivity index (χ3n) is 5.45. The van der Waals surface area contributed by atoms with Gasteiger partial charge in [0.1, 0.15) is 11.5 Å². The van der Waals surface area contributed by atoms with E-state index in [0.717, 1.165) is 32.4 Å². The Balaban J connectivity index is 2.48. The van der Waals surface area contributed by atoms with E-state index in [1.807, 2.05) is 0 Å². The highest BCUT2D eigenvalue weighted by Gasteiger charge is 2.60. The summed E-state index contributed by atoms with van der Waals surface area (Å²) in [6.45, 7) is 0. The van der Waals surface area contributed by atoms with E-state index in [4.69, 9.17) is 15.2 Å². The van der Waals surface area contributed by atoms with Crippen LogP contribution in [0, 0.1) is 11.3 Å². The van der Waals surface area contributed by atoms with E-state index >= 15 is 0 Å². The van der Waals surface area contributed by atoms with Gasteiger partial charge in [0, 0.05) is 0 Å². The van der Waals surface area contributed by atoms with Crippen molar-refractivity contribution in [3.63, 3.8) is 0 Å². The number of halogens is 5. The van der Waals surface area contributed by atoms with Crippen LogP contribution < -0.4 is 10.6 Å². The Morgan fingerprint density at radius 1 is 0.944 bits per heavy atom. The van der Waals surface area contributed by atoms with Crippen LogP contribution in [-0.4, -0.2) is 32.3 Å². The van der Waals surface area contributed by atoms with Gasteiger partial charge in [-0.3, -0.25) is 4.90 Å². The number of para-hydroxylation sites is 1. The van der Waals surface area contributed by atoms with E-state index in [2.05, 4.69) is 0 Å². The number of alkyl halides is 5. The number of nitrogens with zero attached hydrogens (tertiary/aromatic N) is 2. The molecule has 2 aromatic carbocycles. The Kier molecular flexibility index (Phi) is 7.05. The summed E-state index contributed by atoms with van der Waals surface area (Å²) in [7, 11) is 1.88. The summed E-state index contributed by atoms with van der Waals surface area (Å²) in [6.07, 6.45) is -6.01. The number of nitrogens with two attached hydrogens (primary N) is 1. The van der Waals surface area contributed by atoms with Crippen molar-refractivity contribution in [3.05, 3.63) is 88.4 Å². The Hall–Kier alpha value is -4.40. The molecule has 0 saturated heterocycles. The normalized spacial score (nSPS) is 16.5. The Bertz CT molecular complexity index is 1300. The number of hydrogen-bond donors (Lipinski definition) is 1. The lowest BCUT2D eigenvalue weighted by Gasteiger charge is -2.37. The molecular weight excluding hydrogens is 489 g/mol. The minimum Gasteiger partial charge on any atom is -0.466 e. The first-order valence-corrected chi connectivity index (χ1v) is 10.1. The van der Waals surface area contributed by atoms with E-state index in [0.29, 0.717) is 16.5 Å². The van der Waals surface area contributed by atoms with Crippen molar-refractivity contribution in [2.24, 2.45) is 5.73 Å². The molecule has 2 N–H and O–H groups in total. The van der Waals surface area contributed by atoms with Crippen LogP contribution >= 0.6 is 0 Å². The first-order chi connectivity index (χ1) is 16.9. The summed E-state index contributed by atoms with van der Waals surface area (Å²) in [5, 5.41) is 9.94. The van der Waals surface area contributed by atoms with Gasteiger partial charge in [-0.1, -0.05) is 48.5 Å². The second-order valence-corrected chi connectivity index (χ2v) is 7.42. The number of methoxy groups -OCH3 is 2. The van der Waals surface area contributed by atoms with Gasteiger partial charge < -0.3 is 15.2 Å². The van der Waals surface area contributed by atoms with Gasteiger partial charge in [-0.05, 0) is 11.6 Å². The van der Waals surface area contributed by atoms with Crippen molar-refractivity contribution in [1.29, 1.82) is 5.26 Å². The van der Waals surface area contributed by atoms with E-state index in [-0.39, 0.29) is 5.57 Å². The maximum absolute atomic E-state index is 14.6. The topological polar surface area (TPSA) is 106 Å². The predicted octanol–water partition coefficient (Wildman–Crippen LogP) is 4.24. The van der Waals surface area contributed by atoms with E-state index in [1.54, 1.807) is 24.3 Å². The van der Waals surface area contributed by atoms with Crippen LogP contribution in [0.15, 0.2) is 77.3 Å². The van der Waals surface area contributed by atoms with Crippen molar-refractivity contribution < 1.29 is 41.0 Å². The molecule has 2 aromatic rings. The Morgan fingerprint density at radius 2 is 1.50 bits per heavy atom. The number of anilines is 1. The van der Waals surface area contributed by atoms with Gasteiger partial charge in [-0.25, -0.2) is 9.59 Å². The van der Waals surface area contributed by atoms with Crippen molar-refractivity contribution in [3.8, 4) is 6.07 Å². The molecule has 0 bridgehead atoms.